The van der Waals surface area contributed by atoms with E-state index in [2.05, 4.69) is 21.2 Å². The van der Waals surface area contributed by atoms with Crippen LogP contribution in [-0.2, 0) is 6.54 Å². The van der Waals surface area contributed by atoms with Gasteiger partial charge in [-0.3, -0.25) is 9.78 Å². The van der Waals surface area contributed by atoms with Gasteiger partial charge in [0, 0.05) is 11.9 Å². The zero-order valence-electron chi connectivity index (χ0n) is 14.6. The highest BCUT2D eigenvalue weighted by Gasteiger charge is 2.29. The van der Waals surface area contributed by atoms with E-state index in [1.807, 2.05) is 32.0 Å². The molecule has 1 saturated carbocycles. The first-order valence-corrected chi connectivity index (χ1v) is 8.47. The van der Waals surface area contributed by atoms with Gasteiger partial charge in [-0.1, -0.05) is 5.16 Å². The predicted octanol–water partition coefficient (Wildman–Crippen LogP) is 2.71. The molecule has 0 bridgehead atoms. The van der Waals surface area contributed by atoms with Crippen LogP contribution in [0.4, 0.5) is 0 Å². The molecule has 26 heavy (non-hydrogen) atoms. The molecule has 1 fully saturated rings. The Morgan fingerprint density at radius 3 is 2.85 bits per heavy atom. The lowest BCUT2D eigenvalue weighted by atomic mass is 10.0. The van der Waals surface area contributed by atoms with Crippen molar-refractivity contribution in [3.8, 4) is 17.6 Å². The van der Waals surface area contributed by atoms with Crippen LogP contribution in [0.15, 0.2) is 33.7 Å². The fourth-order valence-electron chi connectivity index (χ4n) is 3.04. The molecule has 0 spiro atoms. The third-order valence-electron chi connectivity index (χ3n) is 4.57. The average molecular weight is 347 g/mol. The van der Waals surface area contributed by atoms with E-state index in [4.69, 9.17) is 4.52 Å². The van der Waals surface area contributed by atoms with E-state index >= 15 is 0 Å². The first-order chi connectivity index (χ1) is 12.6. The summed E-state index contributed by atoms with van der Waals surface area (Å²) >= 11 is 0. The third-order valence-corrected chi connectivity index (χ3v) is 4.57. The molecule has 0 radical (unpaired) electrons. The maximum absolute atomic E-state index is 12.7. The standard InChI is InChI=1S/C19H17N5O2/c1-11-5-6-21-16(7-11)18-22-17(26-23-18)10-24-12(2)8-14(13-3-4-13)15(9-20)19(24)25/h5-8,13H,3-4,10H2,1-2H3. The molecule has 1 aliphatic rings. The molecule has 7 nitrogen and oxygen atoms in total. The van der Waals surface area contributed by atoms with Crippen LogP contribution in [0.3, 0.4) is 0 Å². The summed E-state index contributed by atoms with van der Waals surface area (Å²) in [6, 6.07) is 7.75. The van der Waals surface area contributed by atoms with Crippen LogP contribution in [0.25, 0.3) is 11.5 Å². The molecule has 0 aliphatic heterocycles. The number of nitrogens with zero attached hydrogens (tertiary/aromatic N) is 5. The van der Waals surface area contributed by atoms with Crippen molar-refractivity contribution in [2.75, 3.05) is 0 Å². The minimum atomic E-state index is -0.303. The molecule has 3 aromatic rings. The Kier molecular flexibility index (Phi) is 3.88. The monoisotopic (exact) mass is 347 g/mol. The minimum absolute atomic E-state index is 0.128. The quantitative estimate of drug-likeness (QED) is 0.720. The summed E-state index contributed by atoms with van der Waals surface area (Å²) in [5.74, 6) is 1.02. The van der Waals surface area contributed by atoms with E-state index in [9.17, 15) is 10.1 Å². The van der Waals surface area contributed by atoms with Crippen molar-refractivity contribution >= 4 is 0 Å². The highest BCUT2D eigenvalue weighted by molar-refractivity contribution is 5.49. The molecule has 3 aromatic heterocycles. The Bertz CT molecular complexity index is 1090. The Balaban J connectivity index is 1.68. The van der Waals surface area contributed by atoms with E-state index in [0.717, 1.165) is 29.7 Å². The van der Waals surface area contributed by atoms with Crippen molar-refractivity contribution in [2.24, 2.45) is 0 Å². The second kappa shape index (κ2) is 6.23. The summed E-state index contributed by atoms with van der Waals surface area (Å²) in [4.78, 5) is 21.3. The summed E-state index contributed by atoms with van der Waals surface area (Å²) < 4.78 is 6.80. The van der Waals surface area contributed by atoms with Crippen molar-refractivity contribution < 1.29 is 4.52 Å². The molecule has 3 heterocycles. The van der Waals surface area contributed by atoms with Gasteiger partial charge in [-0.2, -0.15) is 10.2 Å². The zero-order chi connectivity index (χ0) is 18.3. The normalized spacial score (nSPS) is 13.6. The SMILES string of the molecule is Cc1ccnc(-c2noc(Cn3c(C)cc(C4CC4)c(C#N)c3=O)n2)c1. The largest absolute Gasteiger partial charge is 0.337 e. The average Bonchev–Trinajstić information content (AvgIpc) is 3.36. The van der Waals surface area contributed by atoms with Crippen molar-refractivity contribution in [3.63, 3.8) is 0 Å². The van der Waals surface area contributed by atoms with Crippen LogP contribution < -0.4 is 5.56 Å². The van der Waals surface area contributed by atoms with Crippen LogP contribution >= 0.6 is 0 Å². The second-order valence-corrected chi connectivity index (χ2v) is 6.62. The zero-order valence-corrected chi connectivity index (χ0v) is 14.6. The Morgan fingerprint density at radius 2 is 2.15 bits per heavy atom. The number of pyridine rings is 2. The van der Waals surface area contributed by atoms with Crippen LogP contribution in [0.2, 0.25) is 0 Å². The number of hydrogen-bond donors (Lipinski definition) is 0. The molecule has 0 N–H and O–H groups in total. The van der Waals surface area contributed by atoms with Gasteiger partial charge in [0.2, 0.25) is 11.7 Å². The lowest BCUT2D eigenvalue weighted by molar-refractivity contribution is 0.368. The molecule has 1 aliphatic carbocycles. The predicted molar refractivity (Wildman–Crippen MR) is 93.5 cm³/mol. The highest BCUT2D eigenvalue weighted by Crippen LogP contribution is 2.41. The van der Waals surface area contributed by atoms with Crippen LogP contribution in [-0.4, -0.2) is 19.7 Å². The number of aryl methyl sites for hydroxylation is 2. The van der Waals surface area contributed by atoms with Gasteiger partial charge in [0.05, 0.1) is 0 Å². The maximum atomic E-state index is 12.7. The third kappa shape index (κ3) is 2.90. The van der Waals surface area contributed by atoms with E-state index in [0.29, 0.717) is 23.3 Å². The van der Waals surface area contributed by atoms with Gasteiger partial charge in [-0.25, -0.2) is 0 Å². The fraction of sp³-hybridized carbons (Fsp3) is 0.316. The number of aromatic nitrogens is 4. The first-order valence-electron chi connectivity index (χ1n) is 8.47. The molecule has 0 atom stereocenters. The van der Waals surface area contributed by atoms with Crippen LogP contribution in [0.1, 0.15) is 47.0 Å². The number of hydrogen-bond acceptors (Lipinski definition) is 6. The van der Waals surface area contributed by atoms with Gasteiger partial charge in [-0.05, 0) is 61.9 Å². The summed E-state index contributed by atoms with van der Waals surface area (Å²) in [6.45, 7) is 3.94. The molecule has 0 saturated heterocycles. The molecule has 0 unspecified atom stereocenters. The molecule has 0 amide bonds. The molecule has 0 aromatic carbocycles. The smallest absolute Gasteiger partial charge is 0.269 e. The lowest BCUT2D eigenvalue weighted by Gasteiger charge is -2.11. The van der Waals surface area contributed by atoms with Gasteiger partial charge in [-0.15, -0.1) is 0 Å². The van der Waals surface area contributed by atoms with Gasteiger partial charge in [0.1, 0.15) is 23.9 Å². The molecule has 4 rings (SSSR count). The van der Waals surface area contributed by atoms with Crippen molar-refractivity contribution in [2.45, 2.75) is 39.2 Å². The molecule has 130 valence electrons. The second-order valence-electron chi connectivity index (χ2n) is 6.62. The molecular formula is C19H17N5O2. The van der Waals surface area contributed by atoms with Crippen molar-refractivity contribution in [1.29, 1.82) is 5.26 Å². The van der Waals surface area contributed by atoms with Gasteiger partial charge < -0.3 is 9.09 Å². The number of rotatable bonds is 4. The maximum Gasteiger partial charge on any atom is 0.269 e. The van der Waals surface area contributed by atoms with E-state index in [-0.39, 0.29) is 17.7 Å². The van der Waals surface area contributed by atoms with E-state index < -0.39 is 0 Å². The van der Waals surface area contributed by atoms with Gasteiger partial charge in [0.25, 0.3) is 5.56 Å². The van der Waals surface area contributed by atoms with Gasteiger partial charge >= 0.3 is 0 Å². The fourth-order valence-corrected chi connectivity index (χ4v) is 3.04. The van der Waals surface area contributed by atoms with Crippen LogP contribution in [0, 0.1) is 25.2 Å². The molecule has 7 heteroatoms. The number of nitriles is 1. The minimum Gasteiger partial charge on any atom is -0.337 e. The summed E-state index contributed by atoms with van der Waals surface area (Å²) in [5, 5.41) is 13.4. The molecular weight excluding hydrogens is 330 g/mol. The van der Waals surface area contributed by atoms with Crippen LogP contribution in [0.5, 0.6) is 0 Å². The van der Waals surface area contributed by atoms with E-state index in [1.54, 1.807) is 6.20 Å². The Morgan fingerprint density at radius 1 is 1.35 bits per heavy atom. The van der Waals surface area contributed by atoms with Crippen molar-refractivity contribution in [1.82, 2.24) is 19.7 Å². The highest BCUT2D eigenvalue weighted by atomic mass is 16.5. The summed E-state index contributed by atoms with van der Waals surface area (Å²) in [5.41, 5.74) is 3.22. The Labute approximate surface area is 149 Å². The summed E-state index contributed by atoms with van der Waals surface area (Å²) in [7, 11) is 0. The van der Waals surface area contributed by atoms with Gasteiger partial charge in [0.15, 0.2) is 0 Å². The Hall–Kier alpha value is -3.27. The van der Waals surface area contributed by atoms with E-state index in [1.165, 1.54) is 4.57 Å². The topological polar surface area (TPSA) is 97.6 Å². The summed E-state index contributed by atoms with van der Waals surface area (Å²) in [6.07, 6.45) is 3.76. The first kappa shape index (κ1) is 16.2. The lowest BCUT2D eigenvalue weighted by Crippen LogP contribution is -2.26. The van der Waals surface area contributed by atoms with Crippen molar-refractivity contribution in [3.05, 3.63) is 63.0 Å².